The monoisotopic (exact) mass is 417 g/mol. The van der Waals surface area contributed by atoms with Gasteiger partial charge in [-0.15, -0.1) is 0 Å². The molecule has 3 rings (SSSR count). The summed E-state index contributed by atoms with van der Waals surface area (Å²) in [5, 5.41) is 9.36. The third-order valence-corrected chi connectivity index (χ3v) is 4.20. The van der Waals surface area contributed by atoms with E-state index in [1.807, 2.05) is 13.0 Å². The van der Waals surface area contributed by atoms with Gasteiger partial charge in [-0.05, 0) is 61.0 Å². The smallest absolute Gasteiger partial charge is 0.349 e. The van der Waals surface area contributed by atoms with E-state index in [2.05, 4.69) is 0 Å². The highest BCUT2D eigenvalue weighted by atomic mass is 19.1. The molecule has 0 heterocycles. The van der Waals surface area contributed by atoms with Crippen molar-refractivity contribution in [1.82, 2.24) is 0 Å². The van der Waals surface area contributed by atoms with Crippen molar-refractivity contribution >= 4 is 17.6 Å². The molecular formula is C25H20FNO4. The van der Waals surface area contributed by atoms with Crippen molar-refractivity contribution in [3.05, 3.63) is 89.7 Å². The quantitative estimate of drug-likeness (QED) is 0.216. The Labute approximate surface area is 179 Å². The van der Waals surface area contributed by atoms with Gasteiger partial charge in [-0.3, -0.25) is 0 Å². The number of hydrogen-bond donors (Lipinski definition) is 0. The number of benzene rings is 3. The van der Waals surface area contributed by atoms with Gasteiger partial charge in [-0.25, -0.2) is 9.18 Å². The third kappa shape index (κ3) is 6.18. The SMILES string of the molecule is CCOc1ccc(OCC(=O)Oc2ccc(/C=C(/C#N)c3ccccc3F)cc2)cc1. The van der Waals surface area contributed by atoms with E-state index >= 15 is 0 Å². The van der Waals surface area contributed by atoms with Crippen molar-refractivity contribution in [2.45, 2.75) is 6.92 Å². The van der Waals surface area contributed by atoms with Gasteiger partial charge in [0.2, 0.25) is 0 Å². The van der Waals surface area contributed by atoms with Gasteiger partial charge in [0.25, 0.3) is 0 Å². The summed E-state index contributed by atoms with van der Waals surface area (Å²) in [6.07, 6.45) is 1.57. The Morgan fingerprint density at radius 1 is 0.935 bits per heavy atom. The summed E-state index contributed by atoms with van der Waals surface area (Å²) in [7, 11) is 0. The molecule has 3 aromatic carbocycles. The number of nitrogens with zero attached hydrogens (tertiary/aromatic N) is 1. The summed E-state index contributed by atoms with van der Waals surface area (Å²) in [4.78, 5) is 12.0. The first-order valence-electron chi connectivity index (χ1n) is 9.62. The summed E-state index contributed by atoms with van der Waals surface area (Å²) < 4.78 is 29.9. The lowest BCUT2D eigenvalue weighted by molar-refractivity contribution is -0.136. The Bertz CT molecular complexity index is 1100. The summed E-state index contributed by atoms with van der Waals surface area (Å²) in [5.41, 5.74) is 1.10. The zero-order valence-electron chi connectivity index (χ0n) is 16.9. The van der Waals surface area contributed by atoms with E-state index < -0.39 is 11.8 Å². The van der Waals surface area contributed by atoms with Crippen molar-refractivity contribution in [2.75, 3.05) is 13.2 Å². The molecule has 6 heteroatoms. The lowest BCUT2D eigenvalue weighted by atomic mass is 10.0. The van der Waals surface area contributed by atoms with Crippen LogP contribution in [0.2, 0.25) is 0 Å². The predicted octanol–water partition coefficient (Wildman–Crippen LogP) is 5.27. The van der Waals surface area contributed by atoms with Crippen LogP contribution >= 0.6 is 0 Å². The second-order valence-electron chi connectivity index (χ2n) is 6.39. The van der Waals surface area contributed by atoms with Crippen LogP contribution in [0.3, 0.4) is 0 Å². The molecule has 0 aromatic heterocycles. The highest BCUT2D eigenvalue weighted by molar-refractivity contribution is 5.89. The highest BCUT2D eigenvalue weighted by Gasteiger charge is 2.09. The van der Waals surface area contributed by atoms with E-state index in [0.29, 0.717) is 23.7 Å². The van der Waals surface area contributed by atoms with E-state index in [1.165, 1.54) is 6.07 Å². The fourth-order valence-electron chi connectivity index (χ4n) is 2.75. The van der Waals surface area contributed by atoms with Crippen LogP contribution in [0.25, 0.3) is 11.6 Å². The average Bonchev–Trinajstić information content (AvgIpc) is 2.79. The third-order valence-electron chi connectivity index (χ3n) is 4.20. The minimum atomic E-state index is -0.554. The topological polar surface area (TPSA) is 68.6 Å². The van der Waals surface area contributed by atoms with Crippen molar-refractivity contribution < 1.29 is 23.4 Å². The Morgan fingerprint density at radius 3 is 2.16 bits per heavy atom. The fraction of sp³-hybridized carbons (Fsp3) is 0.120. The van der Waals surface area contributed by atoms with Crippen LogP contribution in [0.1, 0.15) is 18.1 Å². The first-order chi connectivity index (χ1) is 15.1. The second-order valence-corrected chi connectivity index (χ2v) is 6.39. The van der Waals surface area contributed by atoms with Gasteiger partial charge >= 0.3 is 5.97 Å². The van der Waals surface area contributed by atoms with Crippen molar-refractivity contribution in [3.63, 3.8) is 0 Å². The number of rotatable bonds is 8. The largest absolute Gasteiger partial charge is 0.494 e. The molecule has 0 saturated heterocycles. The molecule has 0 spiro atoms. The van der Waals surface area contributed by atoms with E-state index in [0.717, 1.165) is 5.75 Å². The van der Waals surface area contributed by atoms with E-state index in [9.17, 15) is 14.4 Å². The number of ether oxygens (including phenoxy) is 3. The number of carbonyl (C=O) groups is 1. The Hall–Kier alpha value is -4.11. The molecule has 0 amide bonds. The molecule has 0 saturated carbocycles. The van der Waals surface area contributed by atoms with Gasteiger partial charge < -0.3 is 14.2 Å². The van der Waals surface area contributed by atoms with Crippen LogP contribution in [0.15, 0.2) is 72.8 Å². The summed E-state index contributed by atoms with van der Waals surface area (Å²) >= 11 is 0. The predicted molar refractivity (Wildman–Crippen MR) is 115 cm³/mol. The summed E-state index contributed by atoms with van der Waals surface area (Å²) in [6.45, 7) is 2.22. The lowest BCUT2D eigenvalue weighted by Gasteiger charge is -2.08. The number of hydrogen-bond acceptors (Lipinski definition) is 5. The molecule has 0 atom stereocenters. The zero-order valence-corrected chi connectivity index (χ0v) is 16.9. The molecule has 3 aromatic rings. The normalized spacial score (nSPS) is 10.8. The van der Waals surface area contributed by atoms with Crippen molar-refractivity contribution in [1.29, 1.82) is 5.26 Å². The minimum Gasteiger partial charge on any atom is -0.494 e. The molecule has 0 fully saturated rings. The molecule has 5 nitrogen and oxygen atoms in total. The zero-order chi connectivity index (χ0) is 22.1. The van der Waals surface area contributed by atoms with E-state index in [1.54, 1.807) is 72.8 Å². The van der Waals surface area contributed by atoms with Gasteiger partial charge in [-0.1, -0.05) is 30.3 Å². The molecule has 31 heavy (non-hydrogen) atoms. The van der Waals surface area contributed by atoms with Gasteiger partial charge in [0.15, 0.2) is 6.61 Å². The minimum absolute atomic E-state index is 0.201. The van der Waals surface area contributed by atoms with Crippen molar-refractivity contribution in [2.24, 2.45) is 0 Å². The molecule has 0 aliphatic heterocycles. The Morgan fingerprint density at radius 2 is 1.55 bits per heavy atom. The second kappa shape index (κ2) is 10.6. The van der Waals surface area contributed by atoms with Crippen LogP contribution < -0.4 is 14.2 Å². The van der Waals surface area contributed by atoms with Gasteiger partial charge in [0.05, 0.1) is 18.2 Å². The van der Waals surface area contributed by atoms with Crippen LogP contribution in [0.4, 0.5) is 4.39 Å². The van der Waals surface area contributed by atoms with E-state index in [4.69, 9.17) is 14.2 Å². The standard InChI is InChI=1S/C25H20FNO4/c1-2-29-20-11-13-21(14-12-20)30-17-25(28)31-22-9-7-18(8-10-22)15-19(16-27)23-5-3-4-6-24(23)26/h3-15H,2,17H2,1H3/b19-15-. The maximum Gasteiger partial charge on any atom is 0.349 e. The van der Waals surface area contributed by atoms with Crippen LogP contribution in [0.5, 0.6) is 17.2 Å². The summed E-state index contributed by atoms with van der Waals surface area (Å²) in [5.74, 6) is 0.565. The Kier molecular flexibility index (Phi) is 7.39. The molecule has 0 N–H and O–H groups in total. The molecule has 0 unspecified atom stereocenters. The molecule has 156 valence electrons. The summed E-state index contributed by atoms with van der Waals surface area (Å²) in [6, 6.07) is 21.6. The highest BCUT2D eigenvalue weighted by Crippen LogP contribution is 2.22. The molecule has 0 aliphatic rings. The maximum atomic E-state index is 13.9. The average molecular weight is 417 g/mol. The van der Waals surface area contributed by atoms with Gasteiger partial charge in [0.1, 0.15) is 23.1 Å². The number of nitriles is 1. The number of halogens is 1. The van der Waals surface area contributed by atoms with Gasteiger partial charge in [0, 0.05) is 5.56 Å². The lowest BCUT2D eigenvalue weighted by Crippen LogP contribution is -2.17. The number of allylic oxidation sites excluding steroid dienone is 1. The fourth-order valence-corrected chi connectivity index (χ4v) is 2.75. The number of carbonyl (C=O) groups excluding carboxylic acids is 1. The molecular weight excluding hydrogens is 397 g/mol. The van der Waals surface area contributed by atoms with Crippen LogP contribution in [-0.2, 0) is 4.79 Å². The van der Waals surface area contributed by atoms with E-state index in [-0.39, 0.29) is 17.7 Å². The molecule has 0 bridgehead atoms. The van der Waals surface area contributed by atoms with Gasteiger partial charge in [-0.2, -0.15) is 5.26 Å². The van der Waals surface area contributed by atoms with Crippen LogP contribution in [0, 0.1) is 17.1 Å². The first-order valence-corrected chi connectivity index (χ1v) is 9.62. The first kappa shape index (κ1) is 21.6. The molecule has 0 radical (unpaired) electrons. The Balaban J connectivity index is 1.58. The van der Waals surface area contributed by atoms with Crippen molar-refractivity contribution in [3.8, 4) is 23.3 Å². The number of esters is 1. The maximum absolute atomic E-state index is 13.9. The van der Waals surface area contributed by atoms with Crippen LogP contribution in [-0.4, -0.2) is 19.2 Å². The molecule has 0 aliphatic carbocycles.